The number of carbonyl (C=O) groups is 1. The van der Waals surface area contributed by atoms with Crippen LogP contribution in [0.1, 0.15) is 10.4 Å². The summed E-state index contributed by atoms with van der Waals surface area (Å²) in [5.74, 6) is -0.778. The van der Waals surface area contributed by atoms with Crippen molar-refractivity contribution < 1.29 is 24.9 Å². The molecule has 0 bridgehead atoms. The third-order valence-electron chi connectivity index (χ3n) is 2.69. The van der Waals surface area contributed by atoms with E-state index in [0.717, 1.165) is 0 Å². The molecule has 0 saturated heterocycles. The Bertz CT molecular complexity index is 421. The monoisotopic (exact) mass is 269 g/mol. The van der Waals surface area contributed by atoms with Crippen LogP contribution in [-0.2, 0) is 4.74 Å². The van der Waals surface area contributed by atoms with Crippen molar-refractivity contribution in [3.8, 4) is 11.5 Å². The number of hydrogen-bond donors (Lipinski definition) is 3. The minimum atomic E-state index is -0.323. The molecule has 106 valence electrons. The molecule has 1 aromatic rings. The maximum Gasteiger partial charge on any atom is 0.176 e. The molecule has 0 atom stereocenters. The first kappa shape index (κ1) is 15.4. The number of phenols is 2. The number of aromatic hydroxyl groups is 2. The number of Topliss-reactive ketones (excluding diaryl/α,β-unsaturated/α-hetero) is 1. The van der Waals surface area contributed by atoms with Crippen LogP contribution in [0.5, 0.6) is 11.5 Å². The second kappa shape index (κ2) is 7.73. The minimum Gasteiger partial charge on any atom is -0.504 e. The van der Waals surface area contributed by atoms with E-state index < -0.39 is 0 Å². The zero-order chi connectivity index (χ0) is 14.3. The van der Waals surface area contributed by atoms with Crippen molar-refractivity contribution in [3.63, 3.8) is 0 Å². The lowest BCUT2D eigenvalue weighted by Gasteiger charge is -2.19. The molecule has 0 amide bonds. The number of aliphatic hydroxyl groups is 1. The molecule has 1 rings (SSSR count). The first-order valence-electron chi connectivity index (χ1n) is 5.95. The van der Waals surface area contributed by atoms with E-state index in [2.05, 4.69) is 0 Å². The molecule has 0 unspecified atom stereocenters. The van der Waals surface area contributed by atoms with Gasteiger partial charge in [0.1, 0.15) is 0 Å². The molecule has 0 heterocycles. The fraction of sp³-hybridized carbons (Fsp3) is 0.462. The molecule has 0 aliphatic rings. The highest BCUT2D eigenvalue weighted by atomic mass is 16.5. The van der Waals surface area contributed by atoms with Gasteiger partial charge >= 0.3 is 0 Å². The summed E-state index contributed by atoms with van der Waals surface area (Å²) in [6, 6.07) is 3.95. The number of methoxy groups -OCH3 is 1. The van der Waals surface area contributed by atoms with Crippen LogP contribution < -0.4 is 0 Å². The Kier molecular flexibility index (Phi) is 6.27. The van der Waals surface area contributed by atoms with E-state index >= 15 is 0 Å². The SMILES string of the molecule is COCCN(CCO)CC(=O)c1ccc(O)c(O)c1. The van der Waals surface area contributed by atoms with Crippen LogP contribution >= 0.6 is 0 Å². The second-order valence-electron chi connectivity index (χ2n) is 4.12. The number of benzene rings is 1. The number of phenolic OH excluding ortho intramolecular Hbond substituents is 2. The Labute approximate surface area is 111 Å². The summed E-state index contributed by atoms with van der Waals surface area (Å²) in [5.41, 5.74) is 0.315. The van der Waals surface area contributed by atoms with Gasteiger partial charge in [-0.2, -0.15) is 0 Å². The van der Waals surface area contributed by atoms with E-state index in [1.807, 2.05) is 0 Å². The normalized spacial score (nSPS) is 10.9. The van der Waals surface area contributed by atoms with Crippen LogP contribution in [0.25, 0.3) is 0 Å². The topological polar surface area (TPSA) is 90.2 Å². The molecule has 0 spiro atoms. The van der Waals surface area contributed by atoms with Gasteiger partial charge in [0.25, 0.3) is 0 Å². The van der Waals surface area contributed by atoms with Gasteiger partial charge in [0, 0.05) is 25.8 Å². The van der Waals surface area contributed by atoms with Gasteiger partial charge in [-0.15, -0.1) is 0 Å². The van der Waals surface area contributed by atoms with Gasteiger partial charge in [-0.25, -0.2) is 0 Å². The van der Waals surface area contributed by atoms with Crippen molar-refractivity contribution in [1.82, 2.24) is 4.90 Å². The lowest BCUT2D eigenvalue weighted by Crippen LogP contribution is -2.35. The maximum absolute atomic E-state index is 12.0. The highest BCUT2D eigenvalue weighted by Crippen LogP contribution is 2.25. The Morgan fingerprint density at radius 3 is 2.58 bits per heavy atom. The molecule has 0 aliphatic heterocycles. The zero-order valence-electron chi connectivity index (χ0n) is 10.9. The van der Waals surface area contributed by atoms with E-state index in [1.54, 1.807) is 12.0 Å². The molecule has 0 saturated carbocycles. The summed E-state index contributed by atoms with van der Waals surface area (Å²) in [4.78, 5) is 13.8. The number of ketones is 1. The van der Waals surface area contributed by atoms with Gasteiger partial charge in [0.15, 0.2) is 17.3 Å². The summed E-state index contributed by atoms with van der Waals surface area (Å²) < 4.78 is 4.93. The largest absolute Gasteiger partial charge is 0.504 e. The number of ether oxygens (including phenoxy) is 1. The Hall–Kier alpha value is -1.63. The van der Waals surface area contributed by atoms with E-state index in [4.69, 9.17) is 9.84 Å². The quantitative estimate of drug-likeness (QED) is 0.462. The van der Waals surface area contributed by atoms with Gasteiger partial charge in [-0.1, -0.05) is 0 Å². The average Bonchev–Trinajstić information content (AvgIpc) is 2.39. The van der Waals surface area contributed by atoms with E-state index in [9.17, 15) is 15.0 Å². The van der Waals surface area contributed by atoms with Crippen molar-refractivity contribution in [3.05, 3.63) is 23.8 Å². The van der Waals surface area contributed by atoms with E-state index in [1.165, 1.54) is 18.2 Å². The van der Waals surface area contributed by atoms with Gasteiger partial charge in [0.05, 0.1) is 19.8 Å². The number of aliphatic hydroxyl groups excluding tert-OH is 1. The highest BCUT2D eigenvalue weighted by Gasteiger charge is 2.13. The van der Waals surface area contributed by atoms with Crippen molar-refractivity contribution in [2.24, 2.45) is 0 Å². The van der Waals surface area contributed by atoms with Crippen LogP contribution in [0.4, 0.5) is 0 Å². The zero-order valence-corrected chi connectivity index (χ0v) is 10.9. The third-order valence-corrected chi connectivity index (χ3v) is 2.69. The molecule has 3 N–H and O–H groups in total. The molecular formula is C13H19NO5. The number of nitrogens with zero attached hydrogens (tertiary/aromatic N) is 1. The summed E-state index contributed by atoms with van der Waals surface area (Å²) in [7, 11) is 1.57. The summed E-state index contributed by atoms with van der Waals surface area (Å²) >= 11 is 0. The molecule has 0 aromatic heterocycles. The maximum atomic E-state index is 12.0. The van der Waals surface area contributed by atoms with E-state index in [-0.39, 0.29) is 30.4 Å². The number of hydrogen-bond acceptors (Lipinski definition) is 6. The predicted octanol–water partition coefficient (Wildman–Crippen LogP) is 0.221. The first-order chi connectivity index (χ1) is 9.08. The number of carbonyl (C=O) groups excluding carboxylic acids is 1. The Balaban J connectivity index is 2.66. The molecule has 1 aromatic carbocycles. The fourth-order valence-corrected chi connectivity index (χ4v) is 1.62. The highest BCUT2D eigenvalue weighted by molar-refractivity contribution is 5.98. The molecule has 0 radical (unpaired) electrons. The summed E-state index contributed by atoms with van der Waals surface area (Å²) in [5, 5.41) is 27.5. The van der Waals surface area contributed by atoms with Gasteiger partial charge in [0.2, 0.25) is 0 Å². The summed E-state index contributed by atoms with van der Waals surface area (Å²) in [6.07, 6.45) is 0. The van der Waals surface area contributed by atoms with Crippen molar-refractivity contribution in [2.45, 2.75) is 0 Å². The van der Waals surface area contributed by atoms with Crippen molar-refractivity contribution in [1.29, 1.82) is 0 Å². The van der Waals surface area contributed by atoms with Crippen LogP contribution in [0, 0.1) is 0 Å². The smallest absolute Gasteiger partial charge is 0.176 e. The number of rotatable bonds is 8. The lowest BCUT2D eigenvalue weighted by molar-refractivity contribution is 0.0868. The standard InChI is InChI=1S/C13H19NO5/c1-19-7-5-14(4-6-15)9-13(18)10-2-3-11(16)12(17)8-10/h2-3,8,15-17H,4-7,9H2,1H3. The van der Waals surface area contributed by atoms with Crippen LogP contribution in [-0.4, -0.2) is 66.0 Å². The molecule has 19 heavy (non-hydrogen) atoms. The lowest BCUT2D eigenvalue weighted by atomic mass is 10.1. The van der Waals surface area contributed by atoms with Crippen LogP contribution in [0.2, 0.25) is 0 Å². The van der Waals surface area contributed by atoms with E-state index in [0.29, 0.717) is 25.3 Å². The molecule has 6 heteroatoms. The minimum absolute atomic E-state index is 0.0438. The Morgan fingerprint density at radius 2 is 2.00 bits per heavy atom. The van der Waals surface area contributed by atoms with Crippen molar-refractivity contribution >= 4 is 5.78 Å². The third kappa shape index (κ3) is 4.86. The second-order valence-corrected chi connectivity index (χ2v) is 4.12. The first-order valence-corrected chi connectivity index (χ1v) is 5.95. The molecule has 6 nitrogen and oxygen atoms in total. The molecule has 0 fully saturated rings. The molecular weight excluding hydrogens is 250 g/mol. The van der Waals surface area contributed by atoms with Gasteiger partial charge in [-0.3, -0.25) is 9.69 Å². The van der Waals surface area contributed by atoms with Crippen molar-refractivity contribution in [2.75, 3.05) is 40.0 Å². The summed E-state index contributed by atoms with van der Waals surface area (Å²) in [6.45, 7) is 1.45. The fourth-order valence-electron chi connectivity index (χ4n) is 1.62. The average molecular weight is 269 g/mol. The van der Waals surface area contributed by atoms with Gasteiger partial charge in [-0.05, 0) is 18.2 Å². The van der Waals surface area contributed by atoms with Gasteiger partial charge < -0.3 is 20.1 Å². The van der Waals surface area contributed by atoms with Crippen LogP contribution in [0.15, 0.2) is 18.2 Å². The molecule has 0 aliphatic carbocycles. The van der Waals surface area contributed by atoms with Crippen LogP contribution in [0.3, 0.4) is 0 Å². The Morgan fingerprint density at radius 1 is 1.26 bits per heavy atom. The predicted molar refractivity (Wildman–Crippen MR) is 69.5 cm³/mol.